The van der Waals surface area contributed by atoms with Crippen molar-refractivity contribution in [3.05, 3.63) is 11.7 Å². The molecule has 2 heterocycles. The molecule has 0 bridgehead atoms. The summed E-state index contributed by atoms with van der Waals surface area (Å²) in [6.45, 7) is 5.49. The van der Waals surface area contributed by atoms with Gasteiger partial charge in [0.15, 0.2) is 0 Å². The van der Waals surface area contributed by atoms with Crippen molar-refractivity contribution in [2.75, 3.05) is 13.2 Å². The molecule has 1 saturated heterocycles. The van der Waals surface area contributed by atoms with Crippen LogP contribution in [0.5, 0.6) is 0 Å². The zero-order chi connectivity index (χ0) is 14.9. The minimum absolute atomic E-state index is 0.0408. The second-order valence-corrected chi connectivity index (χ2v) is 6.44. The van der Waals surface area contributed by atoms with Crippen LogP contribution in [-0.2, 0) is 10.3 Å². The van der Waals surface area contributed by atoms with Crippen LogP contribution in [0.2, 0.25) is 0 Å². The Morgan fingerprint density at radius 1 is 1.52 bits per heavy atom. The van der Waals surface area contributed by atoms with E-state index in [1.165, 1.54) is 6.42 Å². The summed E-state index contributed by atoms with van der Waals surface area (Å²) in [5.74, 6) is 1.85. The van der Waals surface area contributed by atoms with E-state index >= 15 is 0 Å². The maximum atomic E-state index is 9.61. The Morgan fingerprint density at radius 3 is 3.05 bits per heavy atom. The van der Waals surface area contributed by atoms with Gasteiger partial charge in [-0.1, -0.05) is 18.5 Å². The molecule has 4 atom stereocenters. The van der Waals surface area contributed by atoms with Gasteiger partial charge in [0.25, 0.3) is 0 Å². The van der Waals surface area contributed by atoms with Crippen molar-refractivity contribution in [1.29, 1.82) is 0 Å². The molecule has 6 heteroatoms. The molecule has 2 N–H and O–H groups in total. The lowest BCUT2D eigenvalue weighted by atomic mass is 9.78. The van der Waals surface area contributed by atoms with Crippen LogP contribution in [-0.4, -0.2) is 34.5 Å². The summed E-state index contributed by atoms with van der Waals surface area (Å²) in [5.41, 5.74) is -0.397. The second kappa shape index (κ2) is 6.02. The van der Waals surface area contributed by atoms with Crippen molar-refractivity contribution in [3.63, 3.8) is 0 Å². The predicted octanol–water partition coefficient (Wildman–Crippen LogP) is 1.91. The molecular formula is C15H25N3O3. The van der Waals surface area contributed by atoms with Gasteiger partial charge in [0.1, 0.15) is 5.60 Å². The first-order valence-electron chi connectivity index (χ1n) is 8.02. The minimum atomic E-state index is -0.397. The van der Waals surface area contributed by atoms with Crippen molar-refractivity contribution in [2.24, 2.45) is 5.92 Å². The molecule has 1 saturated carbocycles. The number of rotatable bonds is 4. The molecule has 0 radical (unpaired) electrons. The van der Waals surface area contributed by atoms with Gasteiger partial charge in [0.05, 0.1) is 12.1 Å². The zero-order valence-electron chi connectivity index (χ0n) is 12.8. The van der Waals surface area contributed by atoms with E-state index in [1.54, 1.807) is 0 Å². The van der Waals surface area contributed by atoms with Gasteiger partial charge in [0.2, 0.25) is 11.7 Å². The Morgan fingerprint density at radius 2 is 2.38 bits per heavy atom. The van der Waals surface area contributed by atoms with E-state index in [0.29, 0.717) is 37.2 Å². The third-order valence-corrected chi connectivity index (χ3v) is 4.63. The van der Waals surface area contributed by atoms with Crippen LogP contribution in [0.4, 0.5) is 0 Å². The van der Waals surface area contributed by atoms with Gasteiger partial charge in [-0.15, -0.1) is 0 Å². The van der Waals surface area contributed by atoms with Gasteiger partial charge >= 0.3 is 0 Å². The summed E-state index contributed by atoms with van der Waals surface area (Å²) in [6.07, 6.45) is 4.55. The molecule has 0 amide bonds. The van der Waals surface area contributed by atoms with Crippen LogP contribution in [0.25, 0.3) is 0 Å². The van der Waals surface area contributed by atoms with E-state index in [-0.39, 0.29) is 12.1 Å². The topological polar surface area (TPSA) is 80.4 Å². The first-order chi connectivity index (χ1) is 10.1. The number of aliphatic hydroxyl groups is 1. The summed E-state index contributed by atoms with van der Waals surface area (Å²) in [6, 6.07) is -0.0408. The lowest BCUT2D eigenvalue weighted by molar-refractivity contribution is -0.0891. The first-order valence-corrected chi connectivity index (χ1v) is 8.02. The number of aliphatic hydroxyl groups excluding tert-OH is 1. The third-order valence-electron chi connectivity index (χ3n) is 4.63. The van der Waals surface area contributed by atoms with Crippen LogP contribution in [0.3, 0.4) is 0 Å². The Labute approximate surface area is 125 Å². The molecule has 1 aromatic rings. The molecule has 3 rings (SSSR count). The smallest absolute Gasteiger partial charge is 0.243 e. The van der Waals surface area contributed by atoms with Gasteiger partial charge in [-0.3, -0.25) is 0 Å². The minimum Gasteiger partial charge on any atom is -0.392 e. The summed E-state index contributed by atoms with van der Waals surface area (Å²) in [7, 11) is 0. The summed E-state index contributed by atoms with van der Waals surface area (Å²) in [4.78, 5) is 4.60. The highest BCUT2D eigenvalue weighted by Crippen LogP contribution is 2.42. The van der Waals surface area contributed by atoms with E-state index in [2.05, 4.69) is 22.4 Å². The fraction of sp³-hybridized carbons (Fsp3) is 0.867. The van der Waals surface area contributed by atoms with Crippen molar-refractivity contribution < 1.29 is 14.4 Å². The maximum Gasteiger partial charge on any atom is 0.243 e. The normalized spacial score (nSPS) is 37.0. The zero-order valence-corrected chi connectivity index (χ0v) is 12.8. The molecular weight excluding hydrogens is 270 g/mol. The standard InChI is InChI=1S/C15H25N3O3/c1-3-20-15(6-4-5-10(2)8-15)14-17-13(21-18-14)12-7-11(19)9-16-12/h10-12,16,19H,3-9H2,1-2H3/t10?,11-,12-,15?/m0/s1. The average Bonchev–Trinajstić information content (AvgIpc) is 3.07. The number of hydrogen-bond donors (Lipinski definition) is 2. The quantitative estimate of drug-likeness (QED) is 0.883. The Balaban J connectivity index is 1.81. The Hall–Kier alpha value is -0.980. The van der Waals surface area contributed by atoms with Crippen molar-refractivity contribution in [3.8, 4) is 0 Å². The van der Waals surface area contributed by atoms with E-state index < -0.39 is 5.60 Å². The Bertz CT molecular complexity index is 474. The molecule has 2 aliphatic rings. The number of β-amino-alcohol motifs (C(OH)–C–C–N with tert-alkyl or cyclic N) is 1. The number of hydrogen-bond acceptors (Lipinski definition) is 6. The Kier molecular flexibility index (Phi) is 4.28. The number of ether oxygens (including phenoxy) is 1. The largest absolute Gasteiger partial charge is 0.392 e. The highest BCUT2D eigenvalue weighted by Gasteiger charge is 2.42. The van der Waals surface area contributed by atoms with Crippen LogP contribution in [0, 0.1) is 5.92 Å². The van der Waals surface area contributed by atoms with Gasteiger partial charge < -0.3 is 19.7 Å². The SMILES string of the molecule is CCOC1(c2noc([C@@H]3C[C@H](O)CN3)n2)CCCC(C)C1. The predicted molar refractivity (Wildman–Crippen MR) is 76.6 cm³/mol. The molecule has 21 heavy (non-hydrogen) atoms. The van der Waals surface area contributed by atoms with E-state index in [4.69, 9.17) is 9.26 Å². The van der Waals surface area contributed by atoms with Crippen molar-refractivity contribution >= 4 is 0 Å². The maximum absolute atomic E-state index is 9.61. The van der Waals surface area contributed by atoms with Crippen molar-refractivity contribution in [1.82, 2.24) is 15.5 Å². The molecule has 118 valence electrons. The average molecular weight is 295 g/mol. The summed E-state index contributed by atoms with van der Waals surface area (Å²) >= 11 is 0. The van der Waals surface area contributed by atoms with Crippen LogP contribution >= 0.6 is 0 Å². The number of aromatic nitrogens is 2. The summed E-state index contributed by atoms with van der Waals surface area (Å²) in [5, 5.41) is 17.0. The molecule has 2 fully saturated rings. The molecule has 1 aliphatic carbocycles. The highest BCUT2D eigenvalue weighted by atomic mass is 16.5. The van der Waals surface area contributed by atoms with E-state index in [0.717, 1.165) is 19.3 Å². The monoisotopic (exact) mass is 295 g/mol. The first kappa shape index (κ1) is 14.9. The fourth-order valence-corrected chi connectivity index (χ4v) is 3.65. The lowest BCUT2D eigenvalue weighted by Crippen LogP contribution is -2.36. The lowest BCUT2D eigenvalue weighted by Gasteiger charge is -2.37. The molecule has 1 aliphatic heterocycles. The van der Waals surface area contributed by atoms with E-state index in [1.807, 2.05) is 6.92 Å². The van der Waals surface area contributed by atoms with Gasteiger partial charge in [-0.25, -0.2) is 0 Å². The second-order valence-electron chi connectivity index (χ2n) is 6.44. The highest BCUT2D eigenvalue weighted by molar-refractivity contribution is 5.07. The van der Waals surface area contributed by atoms with Crippen LogP contribution in [0.15, 0.2) is 4.52 Å². The number of nitrogens with zero attached hydrogens (tertiary/aromatic N) is 2. The van der Waals surface area contributed by atoms with Gasteiger partial charge in [-0.05, 0) is 38.5 Å². The van der Waals surface area contributed by atoms with Crippen molar-refractivity contribution in [2.45, 2.75) is 63.7 Å². The molecule has 6 nitrogen and oxygen atoms in total. The molecule has 0 spiro atoms. The molecule has 2 unspecified atom stereocenters. The molecule has 1 aromatic heterocycles. The third kappa shape index (κ3) is 2.98. The number of nitrogens with one attached hydrogen (secondary N) is 1. The van der Waals surface area contributed by atoms with Gasteiger partial charge in [0, 0.05) is 13.2 Å². The fourth-order valence-electron chi connectivity index (χ4n) is 3.65. The van der Waals surface area contributed by atoms with Crippen LogP contribution in [0.1, 0.15) is 63.7 Å². The van der Waals surface area contributed by atoms with E-state index in [9.17, 15) is 5.11 Å². The van der Waals surface area contributed by atoms with Crippen LogP contribution < -0.4 is 5.32 Å². The summed E-state index contributed by atoms with van der Waals surface area (Å²) < 4.78 is 11.5. The molecule has 0 aromatic carbocycles. The van der Waals surface area contributed by atoms with Gasteiger partial charge in [-0.2, -0.15) is 4.98 Å².